The lowest BCUT2D eigenvalue weighted by Crippen LogP contribution is -2.38. The average Bonchev–Trinajstić information content (AvgIpc) is 2.93. The maximum atomic E-state index is 13.2. The first-order chi connectivity index (χ1) is 15.4. The smallest absolute Gasteiger partial charge is 0.244 e. The van der Waals surface area contributed by atoms with E-state index in [1.54, 1.807) is 42.0 Å². The minimum Gasteiger partial charge on any atom is -0.497 e. The second-order valence-corrected chi connectivity index (χ2v) is 9.27. The normalized spacial score (nSPS) is 15.7. The molecule has 1 N–H and O–H groups in total. The zero-order valence-electron chi connectivity index (χ0n) is 17.2. The molecule has 2 amide bonds. The van der Waals surface area contributed by atoms with Crippen molar-refractivity contribution in [2.45, 2.75) is 16.6 Å². The summed E-state index contributed by atoms with van der Waals surface area (Å²) < 4.78 is 5.24. The molecule has 1 unspecified atom stereocenters. The molecule has 0 bridgehead atoms. The molecule has 3 aromatic carbocycles. The van der Waals surface area contributed by atoms with Gasteiger partial charge >= 0.3 is 0 Å². The summed E-state index contributed by atoms with van der Waals surface area (Å²) in [6.45, 7) is -0.105. The van der Waals surface area contributed by atoms with Gasteiger partial charge in [0.2, 0.25) is 11.8 Å². The predicted octanol–water partition coefficient (Wildman–Crippen LogP) is 6.21. The number of nitrogens with one attached hydrogen (secondary N) is 1. The van der Waals surface area contributed by atoms with Gasteiger partial charge in [-0.25, -0.2) is 0 Å². The Balaban J connectivity index is 1.56. The summed E-state index contributed by atoms with van der Waals surface area (Å²) >= 11 is 13.6. The van der Waals surface area contributed by atoms with Crippen molar-refractivity contribution in [3.8, 4) is 5.75 Å². The second kappa shape index (κ2) is 9.86. The summed E-state index contributed by atoms with van der Waals surface area (Å²) in [6.07, 6.45) is 0.270. The molecule has 8 heteroatoms. The number of anilines is 2. The Morgan fingerprint density at radius 3 is 2.56 bits per heavy atom. The van der Waals surface area contributed by atoms with Crippen LogP contribution < -0.4 is 15.0 Å². The number of amides is 2. The van der Waals surface area contributed by atoms with Crippen LogP contribution >= 0.6 is 35.0 Å². The van der Waals surface area contributed by atoms with Crippen molar-refractivity contribution < 1.29 is 14.3 Å². The van der Waals surface area contributed by atoms with Gasteiger partial charge in [-0.15, -0.1) is 11.8 Å². The van der Waals surface area contributed by atoms with Gasteiger partial charge in [-0.1, -0.05) is 47.5 Å². The van der Waals surface area contributed by atoms with Crippen LogP contribution in [0.4, 0.5) is 11.4 Å². The van der Waals surface area contributed by atoms with Crippen molar-refractivity contribution in [1.82, 2.24) is 0 Å². The molecule has 1 heterocycles. The molecule has 0 fully saturated rings. The van der Waals surface area contributed by atoms with E-state index in [4.69, 9.17) is 27.9 Å². The summed E-state index contributed by atoms with van der Waals surface area (Å²) in [5.74, 6) is 0.326. The van der Waals surface area contributed by atoms with Gasteiger partial charge in [-0.05, 0) is 48.0 Å². The molecule has 0 spiro atoms. The van der Waals surface area contributed by atoms with Crippen LogP contribution in [0.1, 0.15) is 17.2 Å². The molecule has 1 atom stereocenters. The average molecular weight is 487 g/mol. The Labute approximate surface area is 200 Å². The topological polar surface area (TPSA) is 58.6 Å². The molecule has 0 saturated carbocycles. The van der Waals surface area contributed by atoms with Gasteiger partial charge in [0.1, 0.15) is 12.3 Å². The largest absolute Gasteiger partial charge is 0.497 e. The van der Waals surface area contributed by atoms with E-state index >= 15 is 0 Å². The zero-order valence-corrected chi connectivity index (χ0v) is 19.5. The molecule has 5 nitrogen and oxygen atoms in total. The number of carbonyl (C=O) groups is 2. The molecule has 164 valence electrons. The predicted molar refractivity (Wildman–Crippen MR) is 130 cm³/mol. The third kappa shape index (κ3) is 5.04. The highest BCUT2D eigenvalue weighted by molar-refractivity contribution is 7.99. The third-order valence-corrected chi connectivity index (χ3v) is 7.14. The number of nitrogens with zero attached hydrogens (tertiary/aromatic N) is 1. The number of rotatable bonds is 5. The molecular weight excluding hydrogens is 467 g/mol. The van der Waals surface area contributed by atoms with E-state index in [0.717, 1.165) is 21.9 Å². The van der Waals surface area contributed by atoms with E-state index in [-0.39, 0.29) is 30.0 Å². The highest BCUT2D eigenvalue weighted by atomic mass is 35.5. The van der Waals surface area contributed by atoms with Gasteiger partial charge in [-0.3, -0.25) is 9.59 Å². The van der Waals surface area contributed by atoms with Crippen LogP contribution in [0.5, 0.6) is 5.75 Å². The number of thioether (sulfide) groups is 1. The molecule has 0 radical (unpaired) electrons. The number of carbonyl (C=O) groups excluding carboxylic acids is 2. The van der Waals surface area contributed by atoms with Crippen molar-refractivity contribution in [2.75, 3.05) is 23.9 Å². The highest BCUT2D eigenvalue weighted by Gasteiger charge is 2.30. The molecule has 3 aromatic rings. The lowest BCUT2D eigenvalue weighted by molar-refractivity contribution is -0.121. The number of benzene rings is 3. The van der Waals surface area contributed by atoms with E-state index in [1.165, 1.54) is 0 Å². The minimum atomic E-state index is -0.320. The maximum absolute atomic E-state index is 13.2. The second-order valence-electron chi connectivity index (χ2n) is 7.21. The number of hydrogen-bond acceptors (Lipinski definition) is 4. The number of para-hydroxylation sites is 1. The number of ether oxygens (including phenoxy) is 1. The highest BCUT2D eigenvalue weighted by Crippen LogP contribution is 2.45. The molecule has 32 heavy (non-hydrogen) atoms. The van der Waals surface area contributed by atoms with Crippen molar-refractivity contribution in [2.24, 2.45) is 0 Å². The fraction of sp³-hybridized carbons (Fsp3) is 0.167. The van der Waals surface area contributed by atoms with Gasteiger partial charge in [0.15, 0.2) is 0 Å². The van der Waals surface area contributed by atoms with Gasteiger partial charge < -0.3 is 15.0 Å². The van der Waals surface area contributed by atoms with E-state index in [2.05, 4.69) is 5.32 Å². The summed E-state index contributed by atoms with van der Waals surface area (Å²) in [7, 11) is 1.62. The number of hydrogen-bond donors (Lipinski definition) is 1. The quantitative estimate of drug-likeness (QED) is 0.465. The maximum Gasteiger partial charge on any atom is 0.244 e. The van der Waals surface area contributed by atoms with Gasteiger partial charge in [-0.2, -0.15) is 0 Å². The van der Waals surface area contributed by atoms with Gasteiger partial charge in [0.25, 0.3) is 0 Å². The Hall–Kier alpha value is -2.67. The van der Waals surface area contributed by atoms with E-state index in [1.807, 2.05) is 48.5 Å². The van der Waals surface area contributed by atoms with Crippen LogP contribution in [0.3, 0.4) is 0 Å². The monoisotopic (exact) mass is 486 g/mol. The fourth-order valence-corrected chi connectivity index (χ4v) is 5.05. The minimum absolute atomic E-state index is 0.0716. The molecule has 1 aliphatic heterocycles. The van der Waals surface area contributed by atoms with Crippen LogP contribution in [-0.2, 0) is 9.59 Å². The Morgan fingerprint density at radius 2 is 1.84 bits per heavy atom. The fourth-order valence-electron chi connectivity index (χ4n) is 3.47. The molecule has 0 aliphatic carbocycles. The first-order valence-corrected chi connectivity index (χ1v) is 11.5. The van der Waals surface area contributed by atoms with Crippen LogP contribution in [0.2, 0.25) is 10.0 Å². The Morgan fingerprint density at radius 1 is 1.09 bits per heavy atom. The lowest BCUT2D eigenvalue weighted by Gasteiger charge is -2.22. The summed E-state index contributed by atoms with van der Waals surface area (Å²) in [4.78, 5) is 28.5. The SMILES string of the molecule is COc1ccc(C2CC(=O)N(CC(=O)Nc3ccc(Cl)c(Cl)c3)c3ccccc3S2)cc1. The van der Waals surface area contributed by atoms with E-state index in [0.29, 0.717) is 15.7 Å². The zero-order chi connectivity index (χ0) is 22.7. The third-order valence-electron chi connectivity index (χ3n) is 5.08. The molecular formula is C24H20Cl2N2O3S. The first-order valence-electron chi connectivity index (χ1n) is 9.89. The molecule has 0 aromatic heterocycles. The van der Waals surface area contributed by atoms with Crippen molar-refractivity contribution in [1.29, 1.82) is 0 Å². The Bertz CT molecular complexity index is 1150. The van der Waals surface area contributed by atoms with Crippen molar-refractivity contribution in [3.05, 3.63) is 82.3 Å². The Kier molecular flexibility index (Phi) is 6.94. The number of halogens is 2. The summed E-state index contributed by atoms with van der Waals surface area (Å²) in [5, 5.41) is 3.47. The van der Waals surface area contributed by atoms with Crippen molar-refractivity contribution in [3.63, 3.8) is 0 Å². The lowest BCUT2D eigenvalue weighted by atomic mass is 10.1. The van der Waals surface area contributed by atoms with Crippen LogP contribution in [0, 0.1) is 0 Å². The summed E-state index contributed by atoms with van der Waals surface area (Å²) in [5.41, 5.74) is 2.27. The van der Waals surface area contributed by atoms with E-state index < -0.39 is 0 Å². The van der Waals surface area contributed by atoms with Crippen LogP contribution in [0.25, 0.3) is 0 Å². The molecule has 4 rings (SSSR count). The van der Waals surface area contributed by atoms with E-state index in [9.17, 15) is 9.59 Å². The summed E-state index contributed by atoms with van der Waals surface area (Å²) in [6, 6.07) is 20.2. The molecule has 0 saturated heterocycles. The first kappa shape index (κ1) is 22.5. The number of fused-ring (bicyclic) bond motifs is 1. The standard InChI is InChI=1S/C24H20Cl2N2O3S/c1-31-17-9-6-15(7-10-17)22-13-24(30)28(20-4-2-3-5-21(20)32-22)14-23(29)27-16-8-11-18(25)19(26)12-16/h2-12,22H,13-14H2,1H3,(H,27,29). The molecule has 1 aliphatic rings. The van der Waals surface area contributed by atoms with Crippen LogP contribution in [-0.4, -0.2) is 25.5 Å². The van der Waals surface area contributed by atoms with Crippen LogP contribution in [0.15, 0.2) is 71.6 Å². The number of methoxy groups -OCH3 is 1. The van der Waals surface area contributed by atoms with Gasteiger partial charge in [0.05, 0.1) is 22.8 Å². The van der Waals surface area contributed by atoms with Crippen molar-refractivity contribution >= 4 is 58.2 Å². The van der Waals surface area contributed by atoms with Gasteiger partial charge in [0, 0.05) is 22.3 Å².